The molecule has 0 spiro atoms. The van der Waals surface area contributed by atoms with Gasteiger partial charge in [0.1, 0.15) is 6.07 Å². The molecule has 2 N–H and O–H groups in total. The molecule has 3 aromatic rings. The summed E-state index contributed by atoms with van der Waals surface area (Å²) in [4.78, 5) is 8.26. The number of nitrogen functional groups attached to an aromatic ring is 1. The van der Waals surface area contributed by atoms with E-state index in [0.29, 0.717) is 11.5 Å². The number of hydrogen-bond donors (Lipinski definition) is 1. The van der Waals surface area contributed by atoms with Gasteiger partial charge in [-0.3, -0.25) is 9.55 Å². The van der Waals surface area contributed by atoms with E-state index in [1.165, 1.54) is 0 Å². The lowest BCUT2D eigenvalue weighted by Crippen LogP contribution is -1.98. The van der Waals surface area contributed by atoms with Crippen molar-refractivity contribution in [3.63, 3.8) is 0 Å². The predicted molar refractivity (Wildman–Crippen MR) is 68.0 cm³/mol. The second kappa shape index (κ2) is 3.86. The highest BCUT2D eigenvalue weighted by atomic mass is 15.1. The minimum Gasteiger partial charge on any atom is -0.399 e. The molecule has 18 heavy (non-hydrogen) atoms. The van der Waals surface area contributed by atoms with E-state index in [1.54, 1.807) is 23.2 Å². The first-order valence-electron chi connectivity index (χ1n) is 5.37. The zero-order valence-corrected chi connectivity index (χ0v) is 9.41. The molecular weight excluding hydrogens is 226 g/mol. The first kappa shape index (κ1) is 10.3. The van der Waals surface area contributed by atoms with E-state index >= 15 is 0 Å². The molecule has 0 radical (unpaired) electrons. The highest BCUT2D eigenvalue weighted by molar-refractivity contribution is 5.89. The normalized spacial score (nSPS) is 10.4. The fraction of sp³-hybridized carbons (Fsp3) is 0. The molecule has 2 heterocycles. The van der Waals surface area contributed by atoms with Gasteiger partial charge in [-0.25, -0.2) is 4.98 Å². The smallest absolute Gasteiger partial charge is 0.217 e. The van der Waals surface area contributed by atoms with Crippen molar-refractivity contribution in [1.82, 2.24) is 14.5 Å². The first-order chi connectivity index (χ1) is 8.79. The fourth-order valence-electron chi connectivity index (χ4n) is 1.94. The van der Waals surface area contributed by atoms with Crippen molar-refractivity contribution in [2.75, 3.05) is 5.73 Å². The number of nitriles is 1. The van der Waals surface area contributed by atoms with Crippen LogP contribution in [-0.2, 0) is 0 Å². The van der Waals surface area contributed by atoms with Crippen molar-refractivity contribution in [2.24, 2.45) is 0 Å². The summed E-state index contributed by atoms with van der Waals surface area (Å²) < 4.78 is 1.74. The minimum absolute atomic E-state index is 0.347. The highest BCUT2D eigenvalue weighted by Gasteiger charge is 2.08. The quantitative estimate of drug-likeness (QED) is 0.653. The van der Waals surface area contributed by atoms with Gasteiger partial charge in [0, 0.05) is 29.7 Å². The number of pyridine rings is 1. The number of nitrogens with two attached hydrogens (primary N) is 1. The summed E-state index contributed by atoms with van der Waals surface area (Å²) >= 11 is 0. The maximum atomic E-state index is 9.02. The van der Waals surface area contributed by atoms with Crippen LogP contribution in [0.4, 0.5) is 5.69 Å². The monoisotopic (exact) mass is 235 g/mol. The van der Waals surface area contributed by atoms with E-state index in [0.717, 1.165) is 16.6 Å². The maximum Gasteiger partial charge on any atom is 0.217 e. The van der Waals surface area contributed by atoms with E-state index in [2.05, 4.69) is 16.0 Å². The molecule has 0 unspecified atom stereocenters. The number of imidazole rings is 1. The van der Waals surface area contributed by atoms with Crippen LogP contribution in [0.1, 0.15) is 5.82 Å². The topological polar surface area (TPSA) is 80.5 Å². The number of fused-ring (bicyclic) bond motifs is 1. The summed E-state index contributed by atoms with van der Waals surface area (Å²) in [5.74, 6) is 0.347. The number of rotatable bonds is 1. The lowest BCUT2D eigenvalue weighted by molar-refractivity contribution is 1.03. The van der Waals surface area contributed by atoms with Gasteiger partial charge in [-0.05, 0) is 24.3 Å². The summed E-state index contributed by atoms with van der Waals surface area (Å²) in [6.07, 6.45) is 5.05. The zero-order valence-electron chi connectivity index (χ0n) is 9.41. The summed E-state index contributed by atoms with van der Waals surface area (Å²) in [5, 5.41) is 9.95. The van der Waals surface area contributed by atoms with Crippen molar-refractivity contribution >= 4 is 16.6 Å². The molecule has 0 aliphatic rings. The van der Waals surface area contributed by atoms with Crippen LogP contribution in [0.15, 0.2) is 42.9 Å². The van der Waals surface area contributed by atoms with Crippen LogP contribution in [0.3, 0.4) is 0 Å². The first-order valence-corrected chi connectivity index (χ1v) is 5.37. The molecule has 0 fully saturated rings. The summed E-state index contributed by atoms with van der Waals surface area (Å²) in [7, 11) is 0. The predicted octanol–water partition coefficient (Wildman–Crippen LogP) is 1.87. The maximum absolute atomic E-state index is 9.02. The molecule has 0 aliphatic heterocycles. The number of aromatic nitrogens is 3. The summed E-state index contributed by atoms with van der Waals surface area (Å²) in [6.45, 7) is 0. The Labute approximate surface area is 103 Å². The second-order valence-corrected chi connectivity index (χ2v) is 3.84. The van der Waals surface area contributed by atoms with Gasteiger partial charge in [0.25, 0.3) is 0 Å². The molecule has 0 saturated heterocycles. The molecule has 0 amide bonds. The average molecular weight is 235 g/mol. The number of hydrogen-bond acceptors (Lipinski definition) is 4. The van der Waals surface area contributed by atoms with Gasteiger partial charge in [0.05, 0.1) is 11.2 Å². The Morgan fingerprint density at radius 1 is 1.17 bits per heavy atom. The second-order valence-electron chi connectivity index (χ2n) is 3.84. The molecule has 5 heteroatoms. The Morgan fingerprint density at radius 2 is 2.06 bits per heavy atom. The molecule has 0 atom stereocenters. The van der Waals surface area contributed by atoms with Crippen molar-refractivity contribution in [2.45, 2.75) is 0 Å². The van der Waals surface area contributed by atoms with Crippen LogP contribution in [0.2, 0.25) is 0 Å². The van der Waals surface area contributed by atoms with Gasteiger partial charge in [-0.15, -0.1) is 0 Å². The largest absolute Gasteiger partial charge is 0.399 e. The van der Waals surface area contributed by atoms with Crippen LogP contribution in [-0.4, -0.2) is 14.5 Å². The summed E-state index contributed by atoms with van der Waals surface area (Å²) in [5.41, 5.74) is 8.07. The number of benzene rings is 1. The van der Waals surface area contributed by atoms with Crippen molar-refractivity contribution in [3.05, 3.63) is 48.7 Å². The molecule has 0 bridgehead atoms. The van der Waals surface area contributed by atoms with Crippen molar-refractivity contribution < 1.29 is 0 Å². The van der Waals surface area contributed by atoms with E-state index < -0.39 is 0 Å². The third-order valence-corrected chi connectivity index (χ3v) is 2.74. The lowest BCUT2D eigenvalue weighted by atomic mass is 10.1. The molecule has 0 saturated carbocycles. The van der Waals surface area contributed by atoms with Crippen molar-refractivity contribution in [3.8, 4) is 11.8 Å². The van der Waals surface area contributed by atoms with Crippen LogP contribution < -0.4 is 5.73 Å². The van der Waals surface area contributed by atoms with Crippen LogP contribution in [0, 0.1) is 11.3 Å². The standard InChI is InChI=1S/C13H9N5/c14-8-13-17-5-6-18(13)12-3-4-16-11-7-9(15)1-2-10(11)12/h1-7H,15H2. The van der Waals surface area contributed by atoms with Gasteiger partial charge in [0.15, 0.2) is 0 Å². The van der Waals surface area contributed by atoms with Gasteiger partial charge in [-0.1, -0.05) is 0 Å². The lowest BCUT2D eigenvalue weighted by Gasteiger charge is -2.08. The van der Waals surface area contributed by atoms with Gasteiger partial charge >= 0.3 is 0 Å². The van der Waals surface area contributed by atoms with E-state index in [9.17, 15) is 0 Å². The molecule has 5 nitrogen and oxygen atoms in total. The van der Waals surface area contributed by atoms with Crippen LogP contribution >= 0.6 is 0 Å². The number of anilines is 1. The molecule has 2 aromatic heterocycles. The fourth-order valence-corrected chi connectivity index (χ4v) is 1.94. The Morgan fingerprint density at radius 3 is 2.89 bits per heavy atom. The van der Waals surface area contributed by atoms with E-state index in [-0.39, 0.29) is 0 Å². The van der Waals surface area contributed by atoms with Gasteiger partial charge in [0.2, 0.25) is 5.82 Å². The molecule has 1 aromatic carbocycles. The van der Waals surface area contributed by atoms with Gasteiger partial charge in [-0.2, -0.15) is 5.26 Å². The third-order valence-electron chi connectivity index (χ3n) is 2.74. The molecular formula is C13H9N5. The highest BCUT2D eigenvalue weighted by Crippen LogP contribution is 2.23. The summed E-state index contributed by atoms with van der Waals surface area (Å²) in [6, 6.07) is 9.43. The zero-order chi connectivity index (χ0) is 12.5. The molecule has 0 aliphatic carbocycles. The SMILES string of the molecule is N#Cc1nccn1-c1ccnc2cc(N)ccc12. The Bertz CT molecular complexity index is 766. The van der Waals surface area contributed by atoms with E-state index in [1.807, 2.05) is 24.3 Å². The van der Waals surface area contributed by atoms with Crippen LogP contribution in [0.25, 0.3) is 16.6 Å². The van der Waals surface area contributed by atoms with E-state index in [4.69, 9.17) is 11.0 Å². The third kappa shape index (κ3) is 1.48. The van der Waals surface area contributed by atoms with Crippen molar-refractivity contribution in [1.29, 1.82) is 5.26 Å². The number of nitrogens with zero attached hydrogens (tertiary/aromatic N) is 4. The Balaban J connectivity index is 2.34. The average Bonchev–Trinajstić information content (AvgIpc) is 2.85. The molecule has 3 rings (SSSR count). The minimum atomic E-state index is 0.347. The Kier molecular flexibility index (Phi) is 2.21. The van der Waals surface area contributed by atoms with Crippen LogP contribution in [0.5, 0.6) is 0 Å². The van der Waals surface area contributed by atoms with Gasteiger partial charge < -0.3 is 5.73 Å². The Hall–Kier alpha value is -2.87. The molecule has 86 valence electrons.